The van der Waals surface area contributed by atoms with Crippen LogP contribution in [0.3, 0.4) is 0 Å². The number of rotatable bonds is 3. The fourth-order valence-electron chi connectivity index (χ4n) is 0.657. The maximum atomic E-state index is 11.0. The third-order valence-electron chi connectivity index (χ3n) is 1.14. The second-order valence-corrected chi connectivity index (χ2v) is 3.70. The lowest BCUT2D eigenvalue weighted by Crippen LogP contribution is -2.29. The summed E-state index contributed by atoms with van der Waals surface area (Å²) in [5.41, 5.74) is 0. The zero-order valence-electron chi connectivity index (χ0n) is 6.25. The van der Waals surface area contributed by atoms with Gasteiger partial charge in [0.1, 0.15) is 4.90 Å². The first-order valence-electron chi connectivity index (χ1n) is 3.09. The maximum absolute atomic E-state index is 11.0. The van der Waals surface area contributed by atoms with Crippen molar-refractivity contribution in [3.8, 4) is 0 Å². The van der Waals surface area contributed by atoms with Gasteiger partial charge in [0.05, 0.1) is 0 Å². The quantitative estimate of drug-likeness (QED) is 0.529. The molecule has 8 heteroatoms. The van der Waals surface area contributed by atoms with E-state index in [9.17, 15) is 18.5 Å². The number of aromatic nitrogens is 1. The predicted octanol–water partition coefficient (Wildman–Crippen LogP) is -0.448. The topological polar surface area (TPSA) is 102 Å². The summed E-state index contributed by atoms with van der Waals surface area (Å²) >= 11 is 0. The molecule has 1 aromatic rings. The van der Waals surface area contributed by atoms with E-state index in [-0.39, 0.29) is 4.90 Å². The minimum absolute atomic E-state index is 0.244. The molecule has 1 rings (SSSR count). The van der Waals surface area contributed by atoms with E-state index in [1.165, 1.54) is 23.2 Å². The van der Waals surface area contributed by atoms with Crippen LogP contribution in [0.25, 0.3) is 0 Å². The van der Waals surface area contributed by atoms with Crippen LogP contribution in [0, 0.1) is 10.1 Å². The van der Waals surface area contributed by atoms with E-state index in [0.717, 1.165) is 6.20 Å². The van der Waals surface area contributed by atoms with Gasteiger partial charge in [0.15, 0.2) is 5.03 Å². The smallest absolute Gasteiger partial charge is 0.263 e. The highest BCUT2D eigenvalue weighted by Crippen LogP contribution is 2.04. The fourth-order valence-corrected chi connectivity index (χ4v) is 1.42. The molecule has 0 unspecified atom stereocenters. The summed E-state index contributed by atoms with van der Waals surface area (Å²) in [6, 6.07) is 2.58. The Labute approximate surface area is 73.6 Å². The second kappa shape index (κ2) is 3.35. The Morgan fingerprint density at radius 3 is 2.69 bits per heavy atom. The van der Waals surface area contributed by atoms with Crippen LogP contribution in [0.4, 0.5) is 0 Å². The molecule has 0 amide bonds. The van der Waals surface area contributed by atoms with Gasteiger partial charge < -0.3 is 0 Å². The van der Waals surface area contributed by atoms with Gasteiger partial charge in [-0.05, 0) is 17.0 Å². The maximum Gasteiger partial charge on any atom is 0.312 e. The first kappa shape index (κ1) is 9.39. The van der Waals surface area contributed by atoms with Crippen LogP contribution >= 0.6 is 0 Å². The monoisotopic (exact) mass is 203 g/mol. The Balaban J connectivity index is 3.02. The highest BCUT2D eigenvalue weighted by atomic mass is 32.2. The number of hydrazine groups is 1. The minimum atomic E-state index is -4.07. The molecule has 0 fully saturated rings. The van der Waals surface area contributed by atoms with Crippen molar-refractivity contribution < 1.29 is 13.5 Å². The highest BCUT2D eigenvalue weighted by molar-refractivity contribution is 7.89. The number of nitro groups is 1. The molecule has 7 nitrogen and oxygen atoms in total. The van der Waals surface area contributed by atoms with Gasteiger partial charge in [-0.2, -0.15) is 8.42 Å². The zero-order valence-corrected chi connectivity index (χ0v) is 7.06. The molecule has 0 radical (unpaired) electrons. The van der Waals surface area contributed by atoms with Crippen molar-refractivity contribution in [2.75, 3.05) is 0 Å². The van der Waals surface area contributed by atoms with E-state index in [0.29, 0.717) is 0 Å². The number of nitrogens with zero attached hydrogens (tertiary/aromatic N) is 2. The molecular formula is C5H5N3O4S. The van der Waals surface area contributed by atoms with E-state index in [1.54, 1.807) is 0 Å². The molecule has 0 aromatic carbocycles. The first-order valence-corrected chi connectivity index (χ1v) is 4.57. The molecular weight excluding hydrogens is 198 g/mol. The molecule has 0 saturated heterocycles. The van der Waals surface area contributed by atoms with Gasteiger partial charge in [0, 0.05) is 12.4 Å². The molecule has 1 heterocycles. The van der Waals surface area contributed by atoms with E-state index >= 15 is 0 Å². The lowest BCUT2D eigenvalue weighted by molar-refractivity contribution is -0.518. The van der Waals surface area contributed by atoms with E-state index in [2.05, 4.69) is 4.98 Å². The van der Waals surface area contributed by atoms with Gasteiger partial charge in [-0.1, -0.05) is 0 Å². The van der Waals surface area contributed by atoms with Crippen molar-refractivity contribution in [3.05, 3.63) is 34.6 Å². The van der Waals surface area contributed by atoms with Crippen LogP contribution in [0.15, 0.2) is 29.4 Å². The largest absolute Gasteiger partial charge is 0.312 e. The van der Waals surface area contributed by atoms with Crippen LogP contribution in [0.2, 0.25) is 0 Å². The zero-order chi connectivity index (χ0) is 9.90. The van der Waals surface area contributed by atoms with Crippen LogP contribution in [-0.4, -0.2) is 18.4 Å². The number of nitrogens with one attached hydrogen (secondary N) is 1. The van der Waals surface area contributed by atoms with Gasteiger partial charge in [0.25, 0.3) is 0 Å². The molecule has 0 aliphatic carbocycles. The van der Waals surface area contributed by atoms with E-state index in [1.807, 2.05) is 0 Å². The van der Waals surface area contributed by atoms with Gasteiger partial charge in [-0.3, -0.25) is 4.98 Å². The van der Waals surface area contributed by atoms with E-state index < -0.39 is 15.1 Å². The molecule has 1 aromatic heterocycles. The number of sulfonamides is 1. The molecule has 0 spiro atoms. The second-order valence-electron chi connectivity index (χ2n) is 2.04. The fraction of sp³-hybridized carbons (Fsp3) is 0. The van der Waals surface area contributed by atoms with Crippen molar-refractivity contribution in [3.63, 3.8) is 0 Å². The normalized spacial score (nSPS) is 10.8. The van der Waals surface area contributed by atoms with Crippen molar-refractivity contribution in [1.82, 2.24) is 9.82 Å². The van der Waals surface area contributed by atoms with Crippen molar-refractivity contribution in [1.29, 1.82) is 0 Å². The van der Waals surface area contributed by atoms with Crippen LogP contribution in [0.1, 0.15) is 0 Å². The van der Waals surface area contributed by atoms with Crippen LogP contribution < -0.4 is 4.83 Å². The highest BCUT2D eigenvalue weighted by Gasteiger charge is 2.18. The predicted molar refractivity (Wildman–Crippen MR) is 41.6 cm³/mol. The van der Waals surface area contributed by atoms with E-state index in [4.69, 9.17) is 0 Å². The summed E-state index contributed by atoms with van der Waals surface area (Å²) in [6.07, 6.45) is 2.39. The Morgan fingerprint density at radius 2 is 2.23 bits per heavy atom. The first-order chi connectivity index (χ1) is 6.02. The molecule has 0 atom stereocenters. The van der Waals surface area contributed by atoms with Crippen LogP contribution in [-0.2, 0) is 10.0 Å². The Morgan fingerprint density at radius 1 is 1.54 bits per heavy atom. The molecule has 0 aliphatic rings. The number of pyridine rings is 1. The average molecular weight is 203 g/mol. The summed E-state index contributed by atoms with van der Waals surface area (Å²) in [7, 11) is -4.07. The molecule has 0 aliphatic heterocycles. The Bertz CT molecular complexity index is 401. The summed E-state index contributed by atoms with van der Waals surface area (Å²) in [5.74, 6) is 0. The van der Waals surface area contributed by atoms with Gasteiger partial charge in [-0.15, -0.1) is 0 Å². The molecule has 13 heavy (non-hydrogen) atoms. The third-order valence-corrected chi connectivity index (χ3v) is 2.39. The van der Waals surface area contributed by atoms with Crippen molar-refractivity contribution in [2.45, 2.75) is 4.90 Å². The number of hydrogen-bond donors (Lipinski definition) is 1. The van der Waals surface area contributed by atoms with Gasteiger partial charge >= 0.3 is 10.0 Å². The molecule has 0 bridgehead atoms. The van der Waals surface area contributed by atoms with Crippen LogP contribution in [0.5, 0.6) is 0 Å². The van der Waals surface area contributed by atoms with Gasteiger partial charge in [0.2, 0.25) is 0 Å². The third kappa shape index (κ3) is 2.37. The SMILES string of the molecule is O=[N+]([O-])NS(=O)(=O)c1cccnc1. The van der Waals surface area contributed by atoms with Crippen molar-refractivity contribution >= 4 is 10.0 Å². The minimum Gasteiger partial charge on any atom is -0.263 e. The molecule has 1 N–H and O–H groups in total. The van der Waals surface area contributed by atoms with Gasteiger partial charge in [-0.25, -0.2) is 10.1 Å². The summed E-state index contributed by atoms with van der Waals surface area (Å²) < 4.78 is 22.1. The molecule has 0 saturated carbocycles. The Kier molecular flexibility index (Phi) is 2.42. The molecule has 70 valence electrons. The Hall–Kier alpha value is -1.70. The summed E-state index contributed by atoms with van der Waals surface area (Å²) in [5, 5.41) is 8.75. The summed E-state index contributed by atoms with van der Waals surface area (Å²) in [4.78, 5) is 14.3. The summed E-state index contributed by atoms with van der Waals surface area (Å²) in [6.45, 7) is 0. The number of hydrogen-bond acceptors (Lipinski definition) is 5. The standard InChI is InChI=1S/C5H5N3O4S/c9-8(10)7-13(11,12)5-2-1-3-6-4-5/h1-4,7H. The lowest BCUT2D eigenvalue weighted by atomic mass is 10.5. The lowest BCUT2D eigenvalue weighted by Gasteiger charge is -1.98. The average Bonchev–Trinajstić information content (AvgIpc) is 2.04. The van der Waals surface area contributed by atoms with Crippen molar-refractivity contribution in [2.24, 2.45) is 0 Å².